The van der Waals surface area contributed by atoms with E-state index in [1.165, 1.54) is 0 Å². The van der Waals surface area contributed by atoms with Gasteiger partial charge < -0.3 is 34.4 Å². The van der Waals surface area contributed by atoms with Crippen LogP contribution in [0.3, 0.4) is 0 Å². The van der Waals surface area contributed by atoms with Crippen molar-refractivity contribution >= 4 is 19.5 Å². The lowest BCUT2D eigenvalue weighted by molar-refractivity contribution is -0.0453. The van der Waals surface area contributed by atoms with Gasteiger partial charge in [0.25, 0.3) is 0 Å². The van der Waals surface area contributed by atoms with Crippen LogP contribution in [0, 0.1) is 0 Å². The van der Waals surface area contributed by atoms with E-state index in [4.69, 9.17) is 19.5 Å². The molecule has 3 amide bonds. The second-order valence-corrected chi connectivity index (χ2v) is 15.8. The fourth-order valence-corrected chi connectivity index (χ4v) is 8.07. The molecule has 1 aliphatic rings. The summed E-state index contributed by atoms with van der Waals surface area (Å²) < 4.78 is 31.1. The van der Waals surface area contributed by atoms with Crippen LogP contribution >= 0.6 is 7.60 Å². The highest BCUT2D eigenvalue weighted by atomic mass is 31.2. The molecule has 0 aromatic heterocycles. The summed E-state index contributed by atoms with van der Waals surface area (Å²) >= 11 is 0. The predicted octanol–water partition coefficient (Wildman–Crippen LogP) is 8.36. The van der Waals surface area contributed by atoms with Crippen molar-refractivity contribution in [1.29, 1.82) is 0 Å². The number of ether oxygens (including phenoxy) is 1. The Hall–Kier alpha value is -4.47. The zero-order valence-electron chi connectivity index (χ0n) is 31.4. The molecule has 1 fully saturated rings. The highest BCUT2D eigenvalue weighted by molar-refractivity contribution is 7.53. The van der Waals surface area contributed by atoms with Gasteiger partial charge in [-0.25, -0.2) is 4.79 Å². The number of carbonyl (C=O) groups is 2. The van der Waals surface area contributed by atoms with E-state index < -0.39 is 31.7 Å². The Bertz CT molecular complexity index is 1810. The largest absolute Gasteiger partial charge is 0.481 e. The molecule has 288 valence electrons. The van der Waals surface area contributed by atoms with Crippen molar-refractivity contribution in [3.63, 3.8) is 0 Å². The summed E-state index contributed by atoms with van der Waals surface area (Å²) in [6, 6.07) is 32.9. The number of aliphatic hydroxyl groups excluding tert-OH is 1. The molecule has 1 heterocycles. The van der Waals surface area contributed by atoms with Crippen molar-refractivity contribution < 1.29 is 33.0 Å². The number of hydrogen-bond acceptors (Lipinski definition) is 7. The third-order valence-corrected chi connectivity index (χ3v) is 11.3. The van der Waals surface area contributed by atoms with Gasteiger partial charge in [0, 0.05) is 18.7 Å². The van der Waals surface area contributed by atoms with Crippen molar-refractivity contribution in [3.05, 3.63) is 137 Å². The van der Waals surface area contributed by atoms with Crippen LogP contribution in [0.15, 0.2) is 109 Å². The van der Waals surface area contributed by atoms with Crippen LogP contribution in [0.25, 0.3) is 0 Å². The smallest absolute Gasteiger partial charge is 0.367 e. The molecule has 0 spiro atoms. The number of urea groups is 1. The summed E-state index contributed by atoms with van der Waals surface area (Å²) in [4.78, 5) is 30.4. The lowest BCUT2D eigenvalue weighted by atomic mass is 9.88. The van der Waals surface area contributed by atoms with E-state index in [1.807, 2.05) is 98.8 Å². The number of unbranched alkanes of at least 4 members (excludes halogenated alkanes) is 2. The minimum Gasteiger partial charge on any atom is -0.481 e. The Morgan fingerprint density at radius 1 is 0.741 bits per heavy atom. The van der Waals surface area contributed by atoms with E-state index in [9.17, 15) is 19.3 Å². The summed E-state index contributed by atoms with van der Waals surface area (Å²) in [7, 11) is -3.50. The van der Waals surface area contributed by atoms with Crippen molar-refractivity contribution in [2.75, 3.05) is 19.6 Å². The molecule has 4 aromatic carbocycles. The van der Waals surface area contributed by atoms with E-state index in [0.29, 0.717) is 43.8 Å². The number of carbonyl (C=O) groups excluding carboxylic acids is 2. The molecular formula is C43H54N3O7P. The molecule has 4 aromatic rings. The predicted molar refractivity (Wildman–Crippen MR) is 211 cm³/mol. The Kier molecular flexibility index (Phi) is 15.3. The van der Waals surface area contributed by atoms with Gasteiger partial charge in [-0.15, -0.1) is 0 Å². The lowest BCUT2D eigenvalue weighted by Crippen LogP contribution is -2.66. The van der Waals surface area contributed by atoms with E-state index in [2.05, 4.69) is 0 Å². The molecule has 5 rings (SSSR count). The number of benzene rings is 4. The van der Waals surface area contributed by atoms with Crippen LogP contribution in [-0.2, 0) is 39.5 Å². The molecule has 0 radical (unpaired) electrons. The van der Waals surface area contributed by atoms with Gasteiger partial charge in [0.1, 0.15) is 5.75 Å². The maximum absolute atomic E-state index is 14.9. The average Bonchev–Trinajstić information content (AvgIpc) is 3.18. The summed E-state index contributed by atoms with van der Waals surface area (Å²) in [5, 5.41) is 12.3. The minimum atomic E-state index is -3.50. The number of rotatable bonds is 21. The average molecular weight is 756 g/mol. The fourth-order valence-electron chi connectivity index (χ4n) is 6.73. The third-order valence-electron chi connectivity index (χ3n) is 9.72. The van der Waals surface area contributed by atoms with Crippen LogP contribution in [0.4, 0.5) is 4.79 Å². The number of nitrogens with two attached hydrogens (primary N) is 1. The molecule has 1 aliphatic heterocycles. The number of amides is 3. The maximum Gasteiger partial charge on any atom is 0.367 e. The fraction of sp³-hybridized carbons (Fsp3) is 0.395. The summed E-state index contributed by atoms with van der Waals surface area (Å²) in [6.07, 6.45) is 3.84. The maximum atomic E-state index is 14.9. The van der Waals surface area contributed by atoms with Crippen molar-refractivity contribution in [1.82, 2.24) is 9.80 Å². The van der Waals surface area contributed by atoms with E-state index in [0.717, 1.165) is 47.9 Å². The van der Waals surface area contributed by atoms with Crippen LogP contribution in [0.2, 0.25) is 0 Å². The normalized spacial score (nSPS) is 17.5. The topological polar surface area (TPSA) is 132 Å². The summed E-state index contributed by atoms with van der Waals surface area (Å²) in [5.41, 5.74) is 9.59. The first-order chi connectivity index (χ1) is 26.2. The van der Waals surface area contributed by atoms with Crippen LogP contribution in [0.5, 0.6) is 5.75 Å². The first kappa shape index (κ1) is 40.7. The Morgan fingerprint density at radius 2 is 1.30 bits per heavy atom. The number of aliphatic hydroxyl groups is 1. The minimum absolute atomic E-state index is 0.180. The van der Waals surface area contributed by atoms with Gasteiger partial charge in [-0.2, -0.15) is 0 Å². The van der Waals surface area contributed by atoms with Crippen LogP contribution in [0.1, 0.15) is 78.6 Å². The van der Waals surface area contributed by atoms with Crippen molar-refractivity contribution in [3.8, 4) is 5.75 Å². The van der Waals surface area contributed by atoms with Crippen molar-refractivity contribution in [2.45, 2.75) is 90.1 Å². The van der Waals surface area contributed by atoms with Crippen molar-refractivity contribution in [2.24, 2.45) is 5.73 Å². The Labute approximate surface area is 319 Å². The standard InChI is InChI=1S/C43H54N3O7P/c1-3-5-25-52-54(50,53-26-6-4-2)32-51-38-22-14-20-36(28-38)31-46-40(29-34-17-11-8-12-18-34)41(47)39(24-23-33-15-9-7-10-16-33)45(43(46)49)30-35-19-13-21-37(27-35)42(44)48/h7-22,27-28,39-41,47H,3-6,23-26,29-32H2,1-2H3,(H2,44,48)/t39-,40-,41-/m1/s1. The van der Waals surface area contributed by atoms with E-state index >= 15 is 0 Å². The van der Waals surface area contributed by atoms with Gasteiger partial charge in [0.2, 0.25) is 5.91 Å². The quantitative estimate of drug-likeness (QED) is 0.0646. The molecule has 10 nitrogen and oxygen atoms in total. The lowest BCUT2D eigenvalue weighted by Gasteiger charge is -2.49. The second-order valence-electron chi connectivity index (χ2n) is 13.8. The molecule has 0 bridgehead atoms. The van der Waals surface area contributed by atoms with Gasteiger partial charge in [-0.1, -0.05) is 112 Å². The molecule has 3 atom stereocenters. The Balaban J connectivity index is 1.44. The second kappa shape index (κ2) is 20.3. The van der Waals surface area contributed by atoms with Crippen LogP contribution in [-0.4, -0.2) is 64.6 Å². The molecule has 0 unspecified atom stereocenters. The molecule has 0 aliphatic carbocycles. The number of primary amides is 1. The van der Waals surface area contributed by atoms with Crippen LogP contribution < -0.4 is 10.5 Å². The Morgan fingerprint density at radius 3 is 1.91 bits per heavy atom. The molecule has 0 saturated carbocycles. The highest BCUT2D eigenvalue weighted by Gasteiger charge is 2.45. The van der Waals surface area contributed by atoms with Gasteiger partial charge >= 0.3 is 13.6 Å². The molecule has 1 saturated heterocycles. The highest BCUT2D eigenvalue weighted by Crippen LogP contribution is 2.48. The summed E-state index contributed by atoms with van der Waals surface area (Å²) in [5.74, 6) is -0.0816. The van der Waals surface area contributed by atoms with E-state index in [-0.39, 0.29) is 25.5 Å². The van der Waals surface area contributed by atoms with Gasteiger partial charge in [0.15, 0.2) is 6.35 Å². The van der Waals surface area contributed by atoms with Gasteiger partial charge in [-0.05, 0) is 78.6 Å². The molecule has 3 N–H and O–H groups in total. The van der Waals surface area contributed by atoms with Gasteiger partial charge in [0.05, 0.1) is 31.4 Å². The van der Waals surface area contributed by atoms with Gasteiger partial charge in [-0.3, -0.25) is 9.36 Å². The molecule has 11 heteroatoms. The van der Waals surface area contributed by atoms with E-state index in [1.54, 1.807) is 34.1 Å². The zero-order valence-corrected chi connectivity index (χ0v) is 32.3. The number of aryl methyl sites for hydroxylation is 1. The molecular weight excluding hydrogens is 701 g/mol. The number of hydrogen-bond donors (Lipinski definition) is 2. The number of nitrogens with zero attached hydrogens (tertiary/aromatic N) is 2. The first-order valence-corrected chi connectivity index (χ1v) is 20.7. The SMILES string of the molecule is CCCCOP(=O)(COc1cccc(CN2C(=O)N(Cc3cccc(C(N)=O)c3)[C@H](CCc3ccccc3)[C@@H](O)[C@H]2Cc2ccccc2)c1)OCCCC. The monoisotopic (exact) mass is 755 g/mol. The molecule has 54 heavy (non-hydrogen) atoms. The zero-order chi connectivity index (χ0) is 38.3. The third kappa shape index (κ3) is 11.5. The summed E-state index contributed by atoms with van der Waals surface area (Å²) in [6.45, 7) is 5.08. The first-order valence-electron chi connectivity index (χ1n) is 19.0.